The number of carbonyl (C=O) groups is 2. The van der Waals surface area contributed by atoms with Crippen molar-refractivity contribution < 1.29 is 28.5 Å². The number of hydrogen-bond acceptors (Lipinski definition) is 9. The fourth-order valence-corrected chi connectivity index (χ4v) is 7.03. The average Bonchev–Trinajstić information content (AvgIpc) is 3.17. The number of anilines is 2. The molecule has 0 spiro atoms. The highest BCUT2D eigenvalue weighted by Gasteiger charge is 2.21. The third-order valence-corrected chi connectivity index (χ3v) is 10.2. The molecule has 2 saturated carbocycles. The molecule has 2 aliphatic carbocycles. The normalized spacial score (nSPS) is 19.1. The summed E-state index contributed by atoms with van der Waals surface area (Å²) in [6.07, 6.45) is 13.4. The van der Waals surface area contributed by atoms with Crippen LogP contribution in [0, 0.1) is 11.8 Å². The summed E-state index contributed by atoms with van der Waals surface area (Å²) in [5, 5.41) is 2.92. The zero-order chi connectivity index (χ0) is 35.9. The van der Waals surface area contributed by atoms with Gasteiger partial charge in [0.15, 0.2) is 0 Å². The maximum atomic E-state index is 12.3. The van der Waals surface area contributed by atoms with E-state index in [9.17, 15) is 9.59 Å². The largest absolute Gasteiger partial charge is 0.493 e. The molecule has 11 heteroatoms. The molecule has 2 aromatic rings. The summed E-state index contributed by atoms with van der Waals surface area (Å²) in [4.78, 5) is 27.7. The molecule has 4 aliphatic rings. The first-order chi connectivity index (χ1) is 25.0. The highest BCUT2D eigenvalue weighted by molar-refractivity contribution is 6.63. The molecule has 1 amide bonds. The molecule has 0 unspecified atom stereocenters. The Kier molecular flexibility index (Phi) is 19.5. The van der Waals surface area contributed by atoms with Crippen molar-refractivity contribution in [3.05, 3.63) is 48.5 Å². The zero-order valence-corrected chi connectivity index (χ0v) is 31.3. The van der Waals surface area contributed by atoms with Crippen LogP contribution < -0.4 is 20.5 Å². The Labute approximate surface area is 310 Å². The lowest BCUT2D eigenvalue weighted by Crippen LogP contribution is -2.37. The maximum absolute atomic E-state index is 12.3. The van der Waals surface area contributed by atoms with Crippen molar-refractivity contribution in [2.24, 2.45) is 11.8 Å². The molecular formula is C40H61ClN4O6. The molecule has 10 nitrogen and oxygen atoms in total. The van der Waals surface area contributed by atoms with Crippen molar-refractivity contribution in [2.75, 3.05) is 90.0 Å². The van der Waals surface area contributed by atoms with Crippen molar-refractivity contribution >= 4 is 34.1 Å². The fourth-order valence-electron chi connectivity index (χ4n) is 6.81. The van der Waals surface area contributed by atoms with Crippen LogP contribution in [0.3, 0.4) is 0 Å². The number of nitrogens with two attached hydrogens (primary N) is 1. The molecule has 2 aliphatic heterocycles. The van der Waals surface area contributed by atoms with Crippen LogP contribution in [0.4, 0.5) is 11.4 Å². The van der Waals surface area contributed by atoms with Gasteiger partial charge >= 0.3 is 0 Å². The first-order valence-electron chi connectivity index (χ1n) is 19.3. The van der Waals surface area contributed by atoms with Gasteiger partial charge in [0.25, 0.3) is 0 Å². The van der Waals surface area contributed by atoms with Gasteiger partial charge in [-0.25, -0.2) is 0 Å². The van der Waals surface area contributed by atoms with Crippen LogP contribution in [-0.2, 0) is 19.1 Å². The Hall–Kier alpha value is -2.89. The van der Waals surface area contributed by atoms with Gasteiger partial charge in [0.1, 0.15) is 11.5 Å². The van der Waals surface area contributed by atoms with Gasteiger partial charge < -0.3 is 30.0 Å². The SMILES string of the molecule is Nc1cccc(OCCCN2CCOCC2)c1.O=C(Cl)C1CCCCC1.O=C(Nc1cccc(OCCCN2CCOCC2)c1)C1CCCCC1. The van der Waals surface area contributed by atoms with Crippen molar-refractivity contribution in [2.45, 2.75) is 77.0 Å². The number of nitrogen functional groups attached to an aromatic ring is 1. The molecule has 0 bridgehead atoms. The van der Waals surface area contributed by atoms with Crippen LogP contribution in [0.15, 0.2) is 48.5 Å². The van der Waals surface area contributed by atoms with E-state index in [-0.39, 0.29) is 23.0 Å². The van der Waals surface area contributed by atoms with E-state index >= 15 is 0 Å². The third-order valence-electron chi connectivity index (χ3n) is 9.84. The molecule has 4 fully saturated rings. The molecule has 51 heavy (non-hydrogen) atoms. The predicted molar refractivity (Wildman–Crippen MR) is 205 cm³/mol. The third kappa shape index (κ3) is 17.0. The van der Waals surface area contributed by atoms with E-state index in [1.807, 2.05) is 48.5 Å². The second kappa shape index (κ2) is 24.4. The number of ether oxygens (including phenoxy) is 4. The first kappa shape index (κ1) is 40.9. The van der Waals surface area contributed by atoms with Gasteiger partial charge in [-0.15, -0.1) is 0 Å². The van der Waals surface area contributed by atoms with Crippen LogP contribution in [0.1, 0.15) is 77.0 Å². The number of hydrogen-bond donors (Lipinski definition) is 2. The Morgan fingerprint density at radius 2 is 1.20 bits per heavy atom. The quantitative estimate of drug-likeness (QED) is 0.128. The number of nitrogens with zero attached hydrogens (tertiary/aromatic N) is 2. The first-order valence-corrected chi connectivity index (χ1v) is 19.7. The maximum Gasteiger partial charge on any atom is 0.227 e. The Balaban J connectivity index is 0.000000192. The standard InChI is InChI=1S/C20H30N2O3.C13H20N2O2.C7H11ClO/c23-20(17-6-2-1-3-7-17)21-18-8-4-9-19(16-18)25-13-5-10-22-11-14-24-15-12-22;14-12-3-1-4-13(11-12)17-8-2-5-15-6-9-16-10-7-15;8-7(9)6-4-2-1-3-5-6/h4,8-9,16-17H,1-3,5-7,10-15H2,(H,21,23);1,3-4,11H,2,5-10,14H2;6H,1-5H2. The van der Waals surface area contributed by atoms with Gasteiger partial charge in [-0.05, 0) is 74.4 Å². The van der Waals surface area contributed by atoms with Crippen molar-refractivity contribution in [3.63, 3.8) is 0 Å². The summed E-state index contributed by atoms with van der Waals surface area (Å²) < 4.78 is 22.2. The number of benzene rings is 2. The fraction of sp³-hybridized carbons (Fsp3) is 0.650. The lowest BCUT2D eigenvalue weighted by atomic mass is 9.88. The average molecular weight is 729 g/mol. The van der Waals surface area contributed by atoms with E-state index in [0.29, 0.717) is 6.61 Å². The summed E-state index contributed by atoms with van der Waals surface area (Å²) in [5.41, 5.74) is 7.26. The monoisotopic (exact) mass is 728 g/mol. The molecule has 3 N–H and O–H groups in total. The minimum atomic E-state index is -0.130. The Morgan fingerprint density at radius 1 is 0.706 bits per heavy atom. The number of halogens is 1. The minimum absolute atomic E-state index is 0.130. The zero-order valence-electron chi connectivity index (χ0n) is 30.5. The van der Waals surface area contributed by atoms with E-state index in [4.69, 9.17) is 36.3 Å². The molecule has 0 radical (unpaired) electrons. The van der Waals surface area contributed by atoms with E-state index in [2.05, 4.69) is 15.1 Å². The van der Waals surface area contributed by atoms with Crippen LogP contribution >= 0.6 is 11.6 Å². The highest BCUT2D eigenvalue weighted by atomic mass is 35.5. The predicted octanol–water partition coefficient (Wildman–Crippen LogP) is 7.01. The van der Waals surface area contributed by atoms with Crippen LogP contribution in [0.5, 0.6) is 11.5 Å². The molecule has 6 rings (SSSR count). The molecule has 2 saturated heterocycles. The second-order valence-electron chi connectivity index (χ2n) is 13.9. The molecule has 284 valence electrons. The van der Waals surface area contributed by atoms with Crippen molar-refractivity contribution in [1.29, 1.82) is 0 Å². The second-order valence-corrected chi connectivity index (χ2v) is 14.2. The smallest absolute Gasteiger partial charge is 0.227 e. The highest BCUT2D eigenvalue weighted by Crippen LogP contribution is 2.26. The number of carbonyl (C=O) groups excluding carboxylic acids is 2. The van der Waals surface area contributed by atoms with E-state index in [0.717, 1.165) is 134 Å². The van der Waals surface area contributed by atoms with Gasteiger partial charge in [-0.1, -0.05) is 50.7 Å². The van der Waals surface area contributed by atoms with Gasteiger partial charge in [0, 0.05) is 74.6 Å². The van der Waals surface area contributed by atoms with Crippen molar-refractivity contribution in [1.82, 2.24) is 9.80 Å². The number of rotatable bonds is 13. The number of morpholine rings is 2. The Morgan fingerprint density at radius 3 is 1.69 bits per heavy atom. The van der Waals surface area contributed by atoms with Crippen LogP contribution in [-0.4, -0.2) is 99.9 Å². The summed E-state index contributed by atoms with van der Waals surface area (Å²) >= 11 is 5.32. The molecule has 0 atom stereocenters. The van der Waals surface area contributed by atoms with Gasteiger partial charge in [0.05, 0.1) is 39.6 Å². The number of nitrogens with one attached hydrogen (secondary N) is 1. The van der Waals surface area contributed by atoms with E-state index < -0.39 is 0 Å². The summed E-state index contributed by atoms with van der Waals surface area (Å²) in [5.74, 6) is 2.19. The molecular weight excluding hydrogens is 668 g/mol. The molecule has 2 heterocycles. The summed E-state index contributed by atoms with van der Waals surface area (Å²) in [6.45, 7) is 11.0. The van der Waals surface area contributed by atoms with Crippen LogP contribution in [0.2, 0.25) is 0 Å². The van der Waals surface area contributed by atoms with Gasteiger partial charge in [-0.2, -0.15) is 0 Å². The Bertz CT molecular complexity index is 1260. The van der Waals surface area contributed by atoms with Gasteiger partial charge in [-0.3, -0.25) is 19.4 Å². The topological polar surface area (TPSA) is 116 Å². The molecule has 2 aromatic carbocycles. The van der Waals surface area contributed by atoms with Gasteiger partial charge in [0.2, 0.25) is 11.1 Å². The minimum Gasteiger partial charge on any atom is -0.493 e. The van der Waals surface area contributed by atoms with E-state index in [1.54, 1.807) is 0 Å². The lowest BCUT2D eigenvalue weighted by Gasteiger charge is -2.26. The number of amides is 1. The van der Waals surface area contributed by atoms with Crippen molar-refractivity contribution in [3.8, 4) is 11.5 Å². The lowest BCUT2D eigenvalue weighted by molar-refractivity contribution is -0.120. The van der Waals surface area contributed by atoms with Crippen LogP contribution in [0.25, 0.3) is 0 Å². The summed E-state index contributed by atoms with van der Waals surface area (Å²) in [7, 11) is 0. The summed E-state index contributed by atoms with van der Waals surface area (Å²) in [6, 6.07) is 15.3. The van der Waals surface area contributed by atoms with E-state index in [1.165, 1.54) is 38.5 Å². The molecule has 0 aromatic heterocycles.